The van der Waals surface area contributed by atoms with E-state index in [0.717, 1.165) is 32.5 Å². The van der Waals surface area contributed by atoms with E-state index in [4.69, 9.17) is 4.74 Å². The van der Waals surface area contributed by atoms with Crippen LogP contribution in [0.4, 0.5) is 0 Å². The molecule has 2 rings (SSSR count). The van der Waals surface area contributed by atoms with Crippen LogP contribution < -0.4 is 10.6 Å². The van der Waals surface area contributed by atoms with Crippen molar-refractivity contribution in [3.63, 3.8) is 0 Å². The zero-order chi connectivity index (χ0) is 12.8. The van der Waals surface area contributed by atoms with Crippen LogP contribution >= 0.6 is 12.4 Å². The average Bonchev–Trinajstić information content (AvgIpc) is 2.90. The second-order valence-corrected chi connectivity index (χ2v) is 5.71. The van der Waals surface area contributed by atoms with Gasteiger partial charge in [0.2, 0.25) is 5.91 Å². The summed E-state index contributed by atoms with van der Waals surface area (Å²) in [5.41, 5.74) is 0. The van der Waals surface area contributed by atoms with E-state index >= 15 is 0 Å². The van der Waals surface area contributed by atoms with Crippen LogP contribution in [0.1, 0.15) is 39.0 Å². The van der Waals surface area contributed by atoms with Gasteiger partial charge in [-0.2, -0.15) is 0 Å². The number of hydrogen-bond acceptors (Lipinski definition) is 3. The lowest BCUT2D eigenvalue weighted by molar-refractivity contribution is -0.122. The molecule has 0 aromatic heterocycles. The Morgan fingerprint density at radius 2 is 2.11 bits per heavy atom. The fourth-order valence-corrected chi connectivity index (χ4v) is 2.98. The van der Waals surface area contributed by atoms with Crippen LogP contribution in [0, 0.1) is 11.8 Å². The Bertz CT molecular complexity index is 264. The van der Waals surface area contributed by atoms with E-state index in [0.29, 0.717) is 24.8 Å². The Kier molecular flexibility index (Phi) is 7.73. The van der Waals surface area contributed by atoms with Crippen LogP contribution in [0.5, 0.6) is 0 Å². The van der Waals surface area contributed by atoms with Crippen LogP contribution in [-0.2, 0) is 9.53 Å². The van der Waals surface area contributed by atoms with Crippen molar-refractivity contribution in [1.29, 1.82) is 0 Å². The fourth-order valence-electron chi connectivity index (χ4n) is 2.98. The number of nitrogens with one attached hydrogen (secondary N) is 2. The summed E-state index contributed by atoms with van der Waals surface area (Å²) in [6.45, 7) is 5.96. The van der Waals surface area contributed by atoms with Gasteiger partial charge >= 0.3 is 0 Å². The van der Waals surface area contributed by atoms with Gasteiger partial charge in [0, 0.05) is 19.6 Å². The van der Waals surface area contributed by atoms with E-state index < -0.39 is 0 Å². The standard InChI is InChI=1S/C14H26N2O2.ClH/c1-11(12-4-6-15-7-5-12)9-14(17)16-10-13-3-2-8-18-13;/h11-13,15H,2-10H2,1H3,(H,16,17);1H. The summed E-state index contributed by atoms with van der Waals surface area (Å²) in [7, 11) is 0. The number of amides is 1. The molecular weight excluding hydrogens is 264 g/mol. The van der Waals surface area contributed by atoms with E-state index in [1.807, 2.05) is 0 Å². The summed E-state index contributed by atoms with van der Waals surface area (Å²) in [6.07, 6.45) is 5.55. The van der Waals surface area contributed by atoms with Crippen LogP contribution in [0.25, 0.3) is 0 Å². The molecule has 5 heteroatoms. The monoisotopic (exact) mass is 290 g/mol. The molecule has 4 nitrogen and oxygen atoms in total. The highest BCUT2D eigenvalue weighted by Gasteiger charge is 2.22. The molecule has 0 aliphatic carbocycles. The summed E-state index contributed by atoms with van der Waals surface area (Å²) >= 11 is 0. The van der Waals surface area contributed by atoms with Crippen LogP contribution in [0.2, 0.25) is 0 Å². The molecule has 0 saturated carbocycles. The largest absolute Gasteiger partial charge is 0.376 e. The Morgan fingerprint density at radius 1 is 1.37 bits per heavy atom. The minimum atomic E-state index is 0. The molecule has 19 heavy (non-hydrogen) atoms. The molecule has 112 valence electrons. The first kappa shape index (κ1) is 16.7. The highest BCUT2D eigenvalue weighted by atomic mass is 35.5. The summed E-state index contributed by atoms with van der Waals surface area (Å²) in [4.78, 5) is 11.9. The van der Waals surface area contributed by atoms with Gasteiger partial charge in [0.15, 0.2) is 0 Å². The first-order valence-corrected chi connectivity index (χ1v) is 7.34. The Hall–Kier alpha value is -0.320. The topological polar surface area (TPSA) is 50.4 Å². The van der Waals surface area contributed by atoms with Crippen molar-refractivity contribution in [2.24, 2.45) is 11.8 Å². The first-order valence-electron chi connectivity index (χ1n) is 7.34. The van der Waals surface area contributed by atoms with Gasteiger partial charge in [0.25, 0.3) is 0 Å². The Morgan fingerprint density at radius 3 is 2.74 bits per heavy atom. The van der Waals surface area contributed by atoms with Gasteiger partial charge in [-0.3, -0.25) is 4.79 Å². The minimum absolute atomic E-state index is 0. The fraction of sp³-hybridized carbons (Fsp3) is 0.929. The van der Waals surface area contributed by atoms with Gasteiger partial charge in [-0.05, 0) is 50.6 Å². The maximum Gasteiger partial charge on any atom is 0.220 e. The third kappa shape index (κ3) is 5.67. The molecule has 2 N–H and O–H groups in total. The zero-order valence-corrected chi connectivity index (χ0v) is 12.6. The van der Waals surface area contributed by atoms with Crippen LogP contribution in [0.3, 0.4) is 0 Å². The quantitative estimate of drug-likeness (QED) is 0.811. The second-order valence-electron chi connectivity index (χ2n) is 5.71. The van der Waals surface area contributed by atoms with Gasteiger partial charge in [-0.15, -0.1) is 12.4 Å². The van der Waals surface area contributed by atoms with Gasteiger partial charge < -0.3 is 15.4 Å². The molecule has 2 aliphatic rings. The van der Waals surface area contributed by atoms with E-state index in [2.05, 4.69) is 17.6 Å². The van der Waals surface area contributed by atoms with Gasteiger partial charge in [-0.25, -0.2) is 0 Å². The van der Waals surface area contributed by atoms with Crippen molar-refractivity contribution in [3.05, 3.63) is 0 Å². The molecule has 2 fully saturated rings. The molecule has 0 radical (unpaired) electrons. The SMILES string of the molecule is CC(CC(=O)NCC1CCCO1)C1CCNCC1.Cl. The molecule has 2 atom stereocenters. The number of ether oxygens (including phenoxy) is 1. The van der Waals surface area contributed by atoms with Crippen molar-refractivity contribution >= 4 is 18.3 Å². The molecule has 0 bridgehead atoms. The summed E-state index contributed by atoms with van der Waals surface area (Å²) in [5, 5.41) is 6.38. The Labute approximate surface area is 122 Å². The van der Waals surface area contributed by atoms with E-state index in [1.54, 1.807) is 0 Å². The third-order valence-corrected chi connectivity index (χ3v) is 4.25. The zero-order valence-electron chi connectivity index (χ0n) is 11.8. The van der Waals surface area contributed by atoms with Crippen molar-refractivity contribution in [2.75, 3.05) is 26.2 Å². The lowest BCUT2D eigenvalue weighted by Crippen LogP contribution is -2.35. The molecule has 2 aliphatic heterocycles. The molecule has 2 saturated heterocycles. The summed E-state index contributed by atoms with van der Waals surface area (Å²) in [5.74, 6) is 1.40. The minimum Gasteiger partial charge on any atom is -0.376 e. The number of hydrogen-bond donors (Lipinski definition) is 2. The Balaban J connectivity index is 0.00000180. The molecule has 0 aromatic carbocycles. The number of piperidine rings is 1. The lowest BCUT2D eigenvalue weighted by atomic mass is 9.84. The summed E-state index contributed by atoms with van der Waals surface area (Å²) < 4.78 is 5.50. The van der Waals surface area contributed by atoms with Crippen molar-refractivity contribution in [3.8, 4) is 0 Å². The average molecular weight is 291 g/mol. The molecule has 1 amide bonds. The van der Waals surface area contributed by atoms with E-state index in [9.17, 15) is 4.79 Å². The smallest absolute Gasteiger partial charge is 0.220 e. The summed E-state index contributed by atoms with van der Waals surface area (Å²) in [6, 6.07) is 0. The molecule has 2 heterocycles. The van der Waals surface area contributed by atoms with Crippen molar-refractivity contribution in [1.82, 2.24) is 10.6 Å². The van der Waals surface area contributed by atoms with Crippen LogP contribution in [0.15, 0.2) is 0 Å². The normalized spacial score (nSPS) is 25.6. The van der Waals surface area contributed by atoms with E-state index in [1.165, 1.54) is 12.8 Å². The number of rotatable bonds is 5. The predicted octanol–water partition coefficient (Wildman–Crippen LogP) is 1.73. The van der Waals surface area contributed by atoms with E-state index in [-0.39, 0.29) is 24.4 Å². The van der Waals surface area contributed by atoms with Crippen molar-refractivity contribution < 1.29 is 9.53 Å². The lowest BCUT2D eigenvalue weighted by Gasteiger charge is -2.28. The molecule has 2 unspecified atom stereocenters. The highest BCUT2D eigenvalue weighted by molar-refractivity contribution is 5.85. The molecule has 0 aromatic rings. The van der Waals surface area contributed by atoms with Gasteiger partial charge in [0.05, 0.1) is 6.10 Å². The van der Waals surface area contributed by atoms with Crippen molar-refractivity contribution in [2.45, 2.75) is 45.1 Å². The van der Waals surface area contributed by atoms with Crippen LogP contribution in [-0.4, -0.2) is 38.3 Å². The number of carbonyl (C=O) groups excluding carboxylic acids is 1. The highest BCUT2D eigenvalue weighted by Crippen LogP contribution is 2.24. The molecular formula is C14H27ClN2O2. The maximum atomic E-state index is 11.9. The number of carbonyl (C=O) groups is 1. The second kappa shape index (κ2) is 8.77. The number of halogens is 1. The maximum absolute atomic E-state index is 11.9. The third-order valence-electron chi connectivity index (χ3n) is 4.25. The van der Waals surface area contributed by atoms with Gasteiger partial charge in [0.1, 0.15) is 0 Å². The molecule has 0 spiro atoms. The first-order chi connectivity index (χ1) is 8.75. The van der Waals surface area contributed by atoms with Gasteiger partial charge in [-0.1, -0.05) is 6.92 Å². The predicted molar refractivity (Wildman–Crippen MR) is 78.6 cm³/mol.